The summed E-state index contributed by atoms with van der Waals surface area (Å²) in [5.74, 6) is -0.148. The molecule has 2 atom stereocenters. The van der Waals surface area contributed by atoms with Gasteiger partial charge in [0.2, 0.25) is 5.91 Å². The van der Waals surface area contributed by atoms with E-state index in [0.29, 0.717) is 11.4 Å². The van der Waals surface area contributed by atoms with Gasteiger partial charge in [-0.15, -0.1) is 0 Å². The number of amides is 3. The summed E-state index contributed by atoms with van der Waals surface area (Å²) in [6.45, 7) is 13.0. The van der Waals surface area contributed by atoms with Crippen LogP contribution in [0, 0.1) is 19.8 Å². The number of nitrogens with zero attached hydrogens (tertiary/aromatic N) is 1. The first-order valence-electron chi connectivity index (χ1n) is 13.6. The molecule has 8 heteroatoms. The number of hydrogen-bond acceptors (Lipinski definition) is 5. The van der Waals surface area contributed by atoms with E-state index in [1.54, 1.807) is 57.0 Å². The number of rotatable bonds is 9. The van der Waals surface area contributed by atoms with Crippen molar-refractivity contribution in [2.75, 3.05) is 12.4 Å². The van der Waals surface area contributed by atoms with Crippen LogP contribution in [0.5, 0.6) is 5.75 Å². The molecule has 0 aromatic heterocycles. The monoisotopic (exact) mass is 537 g/mol. The molecule has 0 saturated heterocycles. The van der Waals surface area contributed by atoms with Gasteiger partial charge in [0.1, 0.15) is 23.4 Å². The third-order valence-electron chi connectivity index (χ3n) is 7.03. The number of nitrogens with one attached hydrogen (secondary N) is 2. The van der Waals surface area contributed by atoms with Crippen LogP contribution < -0.4 is 15.4 Å². The summed E-state index contributed by atoms with van der Waals surface area (Å²) in [6.07, 6.45) is 1.90. The Morgan fingerprint density at radius 2 is 1.56 bits per heavy atom. The summed E-state index contributed by atoms with van der Waals surface area (Å²) in [5, 5.41) is 5.82. The summed E-state index contributed by atoms with van der Waals surface area (Å²) < 4.78 is 10.7. The molecule has 2 N–H and O–H groups in total. The molecule has 3 rings (SSSR count). The fourth-order valence-corrected chi connectivity index (χ4v) is 4.83. The molecule has 1 aliphatic rings. The molecular weight excluding hydrogens is 494 g/mol. The zero-order valence-corrected chi connectivity index (χ0v) is 24.5. The molecule has 2 aromatic carbocycles. The van der Waals surface area contributed by atoms with Gasteiger partial charge in [-0.3, -0.25) is 9.59 Å². The normalized spacial score (nSPS) is 15.1. The average molecular weight is 538 g/mol. The van der Waals surface area contributed by atoms with Crippen molar-refractivity contribution in [3.63, 3.8) is 0 Å². The lowest BCUT2D eigenvalue weighted by Crippen LogP contribution is -2.58. The van der Waals surface area contributed by atoms with Crippen LogP contribution in [0.1, 0.15) is 76.6 Å². The minimum Gasteiger partial charge on any atom is -0.497 e. The summed E-state index contributed by atoms with van der Waals surface area (Å²) >= 11 is 0. The Morgan fingerprint density at radius 1 is 0.974 bits per heavy atom. The van der Waals surface area contributed by atoms with E-state index < -0.39 is 23.8 Å². The van der Waals surface area contributed by atoms with Gasteiger partial charge < -0.3 is 25.0 Å². The van der Waals surface area contributed by atoms with E-state index in [1.807, 2.05) is 45.9 Å². The summed E-state index contributed by atoms with van der Waals surface area (Å²) in [5.41, 5.74) is 2.53. The Balaban J connectivity index is 2.05. The second-order valence-electron chi connectivity index (χ2n) is 11.6. The van der Waals surface area contributed by atoms with Crippen molar-refractivity contribution in [1.29, 1.82) is 0 Å². The van der Waals surface area contributed by atoms with E-state index in [2.05, 4.69) is 10.6 Å². The third-order valence-corrected chi connectivity index (χ3v) is 7.03. The van der Waals surface area contributed by atoms with Gasteiger partial charge in [0, 0.05) is 11.7 Å². The number of methoxy groups -OCH3 is 1. The predicted molar refractivity (Wildman–Crippen MR) is 153 cm³/mol. The van der Waals surface area contributed by atoms with Gasteiger partial charge in [-0.2, -0.15) is 0 Å². The molecular formula is C31H43N3O5. The van der Waals surface area contributed by atoms with E-state index in [-0.39, 0.29) is 23.8 Å². The number of alkyl carbamates (subject to hydrolysis) is 1. The quantitative estimate of drug-likeness (QED) is 0.414. The minimum absolute atomic E-state index is 0.121. The zero-order chi connectivity index (χ0) is 28.9. The molecule has 0 bridgehead atoms. The van der Waals surface area contributed by atoms with E-state index in [9.17, 15) is 14.4 Å². The van der Waals surface area contributed by atoms with Crippen LogP contribution in [0.3, 0.4) is 0 Å². The molecule has 1 fully saturated rings. The van der Waals surface area contributed by atoms with E-state index >= 15 is 0 Å². The van der Waals surface area contributed by atoms with Crippen molar-refractivity contribution in [3.05, 3.63) is 59.2 Å². The van der Waals surface area contributed by atoms with Crippen LogP contribution in [0.2, 0.25) is 0 Å². The van der Waals surface area contributed by atoms with Crippen LogP contribution in [0.4, 0.5) is 10.5 Å². The highest BCUT2D eigenvalue weighted by Gasteiger charge is 2.43. The highest BCUT2D eigenvalue weighted by Crippen LogP contribution is 2.37. The second-order valence-corrected chi connectivity index (χ2v) is 11.6. The molecule has 1 saturated carbocycles. The number of benzene rings is 2. The Bertz CT molecular complexity index is 1150. The zero-order valence-electron chi connectivity index (χ0n) is 24.5. The SMILES string of the molecule is COc1ccc(NC(=O)C(c2c(C)cccc2C)N(C(=O)C(NC(=O)OC(C)(C)C)C(C)C)C2CCC2)cc1. The van der Waals surface area contributed by atoms with Crippen LogP contribution in [-0.4, -0.2) is 47.6 Å². The molecule has 0 heterocycles. The highest BCUT2D eigenvalue weighted by atomic mass is 16.6. The predicted octanol–water partition coefficient (Wildman–Crippen LogP) is 5.92. The number of ether oxygens (including phenoxy) is 2. The Kier molecular flexibility index (Phi) is 9.64. The lowest BCUT2D eigenvalue weighted by molar-refractivity contribution is -0.146. The molecule has 39 heavy (non-hydrogen) atoms. The van der Waals surface area contributed by atoms with Crippen molar-refractivity contribution >= 4 is 23.6 Å². The summed E-state index contributed by atoms with van der Waals surface area (Å²) in [4.78, 5) is 42.9. The molecule has 2 aromatic rings. The number of anilines is 1. The van der Waals surface area contributed by atoms with Gasteiger partial charge >= 0.3 is 6.09 Å². The minimum atomic E-state index is -0.882. The molecule has 0 radical (unpaired) electrons. The fraction of sp³-hybridized carbons (Fsp3) is 0.516. The molecule has 212 valence electrons. The number of aryl methyl sites for hydroxylation is 2. The maximum atomic E-state index is 14.4. The number of carbonyl (C=O) groups is 3. The summed E-state index contributed by atoms with van der Waals surface area (Å²) in [7, 11) is 1.59. The summed E-state index contributed by atoms with van der Waals surface area (Å²) in [6, 6.07) is 11.1. The van der Waals surface area contributed by atoms with E-state index in [1.165, 1.54) is 0 Å². The average Bonchev–Trinajstić information content (AvgIpc) is 2.81. The van der Waals surface area contributed by atoms with Gasteiger partial charge in [-0.25, -0.2) is 4.79 Å². The van der Waals surface area contributed by atoms with Gasteiger partial charge in [-0.1, -0.05) is 32.0 Å². The largest absolute Gasteiger partial charge is 0.497 e. The van der Waals surface area contributed by atoms with E-state index in [0.717, 1.165) is 36.0 Å². The molecule has 2 unspecified atom stereocenters. The van der Waals surface area contributed by atoms with Crippen LogP contribution in [0.15, 0.2) is 42.5 Å². The lowest BCUT2D eigenvalue weighted by atomic mass is 9.85. The lowest BCUT2D eigenvalue weighted by Gasteiger charge is -2.44. The second kappa shape index (κ2) is 12.5. The molecule has 3 amide bonds. The number of hydrogen-bond donors (Lipinski definition) is 2. The fourth-order valence-electron chi connectivity index (χ4n) is 4.83. The Morgan fingerprint density at radius 3 is 2.03 bits per heavy atom. The van der Waals surface area contributed by atoms with Crippen LogP contribution >= 0.6 is 0 Å². The maximum Gasteiger partial charge on any atom is 0.408 e. The highest BCUT2D eigenvalue weighted by molar-refractivity contribution is 5.99. The van der Waals surface area contributed by atoms with Gasteiger partial charge in [-0.05, 0) is 101 Å². The van der Waals surface area contributed by atoms with Crippen molar-refractivity contribution < 1.29 is 23.9 Å². The first-order valence-corrected chi connectivity index (χ1v) is 13.6. The Hall–Kier alpha value is -3.55. The van der Waals surface area contributed by atoms with Crippen LogP contribution in [-0.2, 0) is 14.3 Å². The van der Waals surface area contributed by atoms with Crippen molar-refractivity contribution in [2.24, 2.45) is 5.92 Å². The number of carbonyl (C=O) groups excluding carboxylic acids is 3. The van der Waals surface area contributed by atoms with Gasteiger partial charge in [0.25, 0.3) is 5.91 Å². The van der Waals surface area contributed by atoms with Gasteiger partial charge in [0.15, 0.2) is 0 Å². The Labute approximate surface area is 232 Å². The van der Waals surface area contributed by atoms with Crippen LogP contribution in [0.25, 0.3) is 0 Å². The van der Waals surface area contributed by atoms with Crippen molar-refractivity contribution in [2.45, 2.75) is 91.5 Å². The molecule has 0 spiro atoms. The molecule has 8 nitrogen and oxygen atoms in total. The van der Waals surface area contributed by atoms with Gasteiger partial charge in [0.05, 0.1) is 7.11 Å². The smallest absolute Gasteiger partial charge is 0.408 e. The third kappa shape index (κ3) is 7.52. The first-order chi connectivity index (χ1) is 18.3. The van der Waals surface area contributed by atoms with E-state index in [4.69, 9.17) is 9.47 Å². The molecule has 0 aliphatic heterocycles. The maximum absolute atomic E-state index is 14.4. The molecule has 1 aliphatic carbocycles. The standard InChI is InChI=1S/C31H43N3O5/c1-19(2)26(33-30(37)39-31(5,6)7)29(36)34(23-13-10-14-23)27(25-20(3)11-9-12-21(25)4)28(35)32-22-15-17-24(38-8)18-16-22/h9,11-12,15-19,23,26-27H,10,13-14H2,1-8H3,(H,32,35)(H,33,37). The van der Waals surface area contributed by atoms with Crippen molar-refractivity contribution in [3.8, 4) is 5.75 Å². The topological polar surface area (TPSA) is 97.0 Å². The first kappa shape index (κ1) is 30.0. The van der Waals surface area contributed by atoms with Crippen molar-refractivity contribution in [1.82, 2.24) is 10.2 Å².